The third-order valence-electron chi connectivity index (χ3n) is 3.63. The molecule has 116 valence electrons. The molecule has 0 unspecified atom stereocenters. The molecule has 1 aliphatic heterocycles. The van der Waals surface area contributed by atoms with Gasteiger partial charge in [-0.05, 0) is 31.9 Å². The van der Waals surface area contributed by atoms with E-state index in [9.17, 15) is 9.59 Å². The van der Waals surface area contributed by atoms with Crippen LogP contribution in [-0.2, 0) is 9.53 Å². The maximum absolute atomic E-state index is 11.7. The number of carbonyl (C=O) groups is 2. The van der Waals surface area contributed by atoms with E-state index in [0.29, 0.717) is 43.9 Å². The number of piperidine rings is 1. The smallest absolute Gasteiger partial charge is 0.354 e. The molecule has 1 aliphatic rings. The molecule has 1 fully saturated rings. The lowest BCUT2D eigenvalue weighted by molar-refractivity contribution is -0.148. The summed E-state index contributed by atoms with van der Waals surface area (Å²) in [5.74, 6) is -1.11. The van der Waals surface area contributed by atoms with Crippen molar-refractivity contribution in [1.29, 1.82) is 5.26 Å². The van der Waals surface area contributed by atoms with E-state index in [2.05, 4.69) is 4.98 Å². The van der Waals surface area contributed by atoms with Gasteiger partial charge in [0.1, 0.15) is 11.9 Å². The molecule has 0 radical (unpaired) electrons. The molecule has 0 amide bonds. The van der Waals surface area contributed by atoms with Gasteiger partial charge in [0, 0.05) is 13.1 Å². The molecule has 1 saturated heterocycles. The number of esters is 1. The largest absolute Gasteiger partial charge is 0.477 e. The van der Waals surface area contributed by atoms with Crippen molar-refractivity contribution in [1.82, 2.24) is 4.98 Å². The Bertz CT molecular complexity index is 616. The maximum Gasteiger partial charge on any atom is 0.354 e. The zero-order chi connectivity index (χ0) is 16.1. The number of hydrogen-bond donors (Lipinski definition) is 1. The Kier molecular flexibility index (Phi) is 4.94. The molecule has 0 bridgehead atoms. The van der Waals surface area contributed by atoms with E-state index in [0.717, 1.165) is 0 Å². The number of ether oxygens (including phenoxy) is 1. The second-order valence-corrected chi connectivity index (χ2v) is 5.00. The summed E-state index contributed by atoms with van der Waals surface area (Å²) >= 11 is 0. The number of pyridine rings is 1. The van der Waals surface area contributed by atoms with Crippen molar-refractivity contribution in [2.75, 3.05) is 24.6 Å². The Morgan fingerprint density at radius 1 is 1.45 bits per heavy atom. The molecule has 2 rings (SSSR count). The summed E-state index contributed by atoms with van der Waals surface area (Å²) in [7, 11) is 0. The Labute approximate surface area is 128 Å². The number of aromatic nitrogens is 1. The minimum atomic E-state index is -1.13. The molecule has 0 aliphatic carbocycles. The molecule has 0 aromatic carbocycles. The number of rotatable bonds is 4. The van der Waals surface area contributed by atoms with E-state index in [4.69, 9.17) is 15.1 Å². The second kappa shape index (κ2) is 6.89. The highest BCUT2D eigenvalue weighted by Crippen LogP contribution is 2.25. The van der Waals surface area contributed by atoms with Crippen molar-refractivity contribution in [3.8, 4) is 6.07 Å². The van der Waals surface area contributed by atoms with E-state index in [1.807, 2.05) is 11.0 Å². The SMILES string of the molecule is CCOC(=O)C1CCN(c2nc(C(=O)O)ccc2C#N)CC1. The fourth-order valence-corrected chi connectivity index (χ4v) is 2.48. The van der Waals surface area contributed by atoms with Crippen LogP contribution in [-0.4, -0.2) is 41.7 Å². The lowest BCUT2D eigenvalue weighted by Gasteiger charge is -2.32. The highest BCUT2D eigenvalue weighted by atomic mass is 16.5. The fourth-order valence-electron chi connectivity index (χ4n) is 2.48. The van der Waals surface area contributed by atoms with E-state index in [1.54, 1.807) is 6.92 Å². The predicted molar refractivity (Wildman–Crippen MR) is 77.5 cm³/mol. The van der Waals surface area contributed by atoms with Crippen LogP contribution < -0.4 is 4.90 Å². The normalized spacial score (nSPS) is 15.2. The summed E-state index contributed by atoms with van der Waals surface area (Å²) < 4.78 is 5.01. The van der Waals surface area contributed by atoms with Crippen LogP contribution >= 0.6 is 0 Å². The summed E-state index contributed by atoms with van der Waals surface area (Å²) in [5, 5.41) is 18.2. The first-order valence-electron chi connectivity index (χ1n) is 7.12. The molecule has 1 aromatic rings. The number of anilines is 1. The van der Waals surface area contributed by atoms with E-state index in [-0.39, 0.29) is 17.6 Å². The molecule has 7 nitrogen and oxygen atoms in total. The molecule has 0 spiro atoms. The van der Waals surface area contributed by atoms with Gasteiger partial charge in [-0.1, -0.05) is 0 Å². The minimum absolute atomic E-state index is 0.0958. The van der Waals surface area contributed by atoms with Crippen LogP contribution in [0.1, 0.15) is 35.8 Å². The zero-order valence-corrected chi connectivity index (χ0v) is 12.3. The first-order valence-corrected chi connectivity index (χ1v) is 7.12. The number of nitriles is 1. The summed E-state index contributed by atoms with van der Waals surface area (Å²) in [6, 6.07) is 4.80. The second-order valence-electron chi connectivity index (χ2n) is 5.00. The lowest BCUT2D eigenvalue weighted by atomic mass is 9.96. The molecular weight excluding hydrogens is 286 g/mol. The van der Waals surface area contributed by atoms with E-state index >= 15 is 0 Å². The van der Waals surface area contributed by atoms with Gasteiger partial charge in [-0.25, -0.2) is 9.78 Å². The van der Waals surface area contributed by atoms with Gasteiger partial charge >= 0.3 is 11.9 Å². The molecule has 0 atom stereocenters. The van der Waals surface area contributed by atoms with Crippen molar-refractivity contribution >= 4 is 17.8 Å². The highest BCUT2D eigenvalue weighted by Gasteiger charge is 2.28. The number of carbonyl (C=O) groups excluding carboxylic acids is 1. The number of carboxylic acid groups (broad SMARTS) is 1. The molecule has 1 aromatic heterocycles. The van der Waals surface area contributed by atoms with E-state index in [1.165, 1.54) is 12.1 Å². The predicted octanol–water partition coefficient (Wildman–Crippen LogP) is 1.43. The maximum atomic E-state index is 11.7. The number of nitrogens with zero attached hydrogens (tertiary/aromatic N) is 3. The van der Waals surface area contributed by atoms with Crippen LogP contribution in [0.5, 0.6) is 0 Å². The van der Waals surface area contributed by atoms with Gasteiger partial charge in [-0.3, -0.25) is 4.79 Å². The summed E-state index contributed by atoms with van der Waals surface area (Å²) in [5.41, 5.74) is 0.237. The van der Waals surface area contributed by atoms with E-state index < -0.39 is 5.97 Å². The summed E-state index contributed by atoms with van der Waals surface area (Å²) in [6.07, 6.45) is 1.20. The molecular formula is C15H17N3O4. The first kappa shape index (κ1) is 15.8. The van der Waals surface area contributed by atoms with Crippen molar-refractivity contribution in [2.24, 2.45) is 5.92 Å². The van der Waals surface area contributed by atoms with Gasteiger partial charge in [-0.15, -0.1) is 0 Å². The topological polar surface area (TPSA) is 104 Å². The number of aromatic carboxylic acids is 1. The van der Waals surface area contributed by atoms with Gasteiger partial charge in [0.15, 0.2) is 5.69 Å². The van der Waals surface area contributed by atoms with Gasteiger partial charge in [0.25, 0.3) is 0 Å². The standard InChI is InChI=1S/C15H17N3O4/c1-2-22-15(21)10-5-7-18(8-6-10)13-11(9-16)3-4-12(17-13)14(19)20/h3-4,10H,2,5-8H2,1H3,(H,19,20). The summed E-state index contributed by atoms with van der Waals surface area (Å²) in [4.78, 5) is 28.7. The average molecular weight is 303 g/mol. The van der Waals surface area contributed by atoms with Gasteiger partial charge < -0.3 is 14.7 Å². The molecule has 0 saturated carbocycles. The highest BCUT2D eigenvalue weighted by molar-refractivity contribution is 5.86. The first-order chi connectivity index (χ1) is 10.6. The van der Waals surface area contributed by atoms with Crippen LogP contribution in [0.4, 0.5) is 5.82 Å². The lowest BCUT2D eigenvalue weighted by Crippen LogP contribution is -2.38. The number of carboxylic acids is 1. The monoisotopic (exact) mass is 303 g/mol. The third kappa shape index (κ3) is 3.34. The molecule has 1 N–H and O–H groups in total. The van der Waals surface area contributed by atoms with Gasteiger partial charge in [0.2, 0.25) is 0 Å². The summed E-state index contributed by atoms with van der Waals surface area (Å²) in [6.45, 7) is 3.20. The third-order valence-corrected chi connectivity index (χ3v) is 3.63. The minimum Gasteiger partial charge on any atom is -0.477 e. The van der Waals surface area contributed by atoms with Gasteiger partial charge in [0.05, 0.1) is 18.1 Å². The van der Waals surface area contributed by atoms with Crippen LogP contribution in [0.15, 0.2) is 12.1 Å². The molecule has 7 heteroatoms. The molecule has 2 heterocycles. The Hall–Kier alpha value is -2.62. The van der Waals surface area contributed by atoms with Crippen molar-refractivity contribution in [3.05, 3.63) is 23.4 Å². The number of hydrogen-bond acceptors (Lipinski definition) is 6. The van der Waals surface area contributed by atoms with Gasteiger partial charge in [-0.2, -0.15) is 5.26 Å². The Balaban J connectivity index is 2.14. The van der Waals surface area contributed by atoms with Crippen LogP contribution in [0.2, 0.25) is 0 Å². The zero-order valence-electron chi connectivity index (χ0n) is 12.3. The van der Waals surface area contributed by atoms with Crippen LogP contribution in [0.3, 0.4) is 0 Å². The Morgan fingerprint density at radius 3 is 2.68 bits per heavy atom. The Morgan fingerprint density at radius 2 is 2.14 bits per heavy atom. The van der Waals surface area contributed by atoms with Crippen molar-refractivity contribution in [2.45, 2.75) is 19.8 Å². The average Bonchev–Trinajstić information content (AvgIpc) is 2.54. The van der Waals surface area contributed by atoms with Crippen LogP contribution in [0, 0.1) is 17.2 Å². The molecule has 22 heavy (non-hydrogen) atoms. The van der Waals surface area contributed by atoms with Crippen LogP contribution in [0.25, 0.3) is 0 Å². The fraction of sp³-hybridized carbons (Fsp3) is 0.467. The van der Waals surface area contributed by atoms with Crippen molar-refractivity contribution < 1.29 is 19.4 Å². The quantitative estimate of drug-likeness (QED) is 0.839. The van der Waals surface area contributed by atoms with Crippen molar-refractivity contribution in [3.63, 3.8) is 0 Å².